The number of aryl methyl sites for hydroxylation is 1. The topological polar surface area (TPSA) is 34.0 Å². The summed E-state index contributed by atoms with van der Waals surface area (Å²) in [6.45, 7) is 1.52. The SMILES string of the molecule is CC(=O)Nc1ccc2c(c1)c1cc(Br)ccc1n2C. The van der Waals surface area contributed by atoms with Gasteiger partial charge in [-0.15, -0.1) is 0 Å². The van der Waals surface area contributed by atoms with Gasteiger partial charge in [0.1, 0.15) is 0 Å². The van der Waals surface area contributed by atoms with Crippen LogP contribution in [-0.2, 0) is 11.8 Å². The van der Waals surface area contributed by atoms with E-state index < -0.39 is 0 Å². The molecule has 1 aromatic heterocycles. The fraction of sp³-hybridized carbons (Fsp3) is 0.133. The third-order valence-corrected chi connectivity index (χ3v) is 3.78. The van der Waals surface area contributed by atoms with Crippen LogP contribution in [0.25, 0.3) is 21.8 Å². The number of nitrogens with one attached hydrogen (secondary N) is 1. The number of aromatic nitrogens is 1. The molecule has 0 fully saturated rings. The van der Waals surface area contributed by atoms with E-state index in [0.717, 1.165) is 21.1 Å². The predicted molar refractivity (Wildman–Crippen MR) is 82.4 cm³/mol. The summed E-state index contributed by atoms with van der Waals surface area (Å²) < 4.78 is 3.21. The highest BCUT2D eigenvalue weighted by molar-refractivity contribution is 9.10. The molecule has 0 aliphatic carbocycles. The minimum Gasteiger partial charge on any atom is -0.344 e. The second-order valence-corrected chi connectivity index (χ2v) is 5.55. The lowest BCUT2D eigenvalue weighted by atomic mass is 10.1. The average molecular weight is 317 g/mol. The van der Waals surface area contributed by atoms with Gasteiger partial charge in [-0.25, -0.2) is 0 Å². The van der Waals surface area contributed by atoms with Crippen molar-refractivity contribution in [2.75, 3.05) is 5.32 Å². The van der Waals surface area contributed by atoms with E-state index in [1.165, 1.54) is 17.8 Å². The van der Waals surface area contributed by atoms with Crippen molar-refractivity contribution in [3.05, 3.63) is 40.9 Å². The number of hydrogen-bond donors (Lipinski definition) is 1. The van der Waals surface area contributed by atoms with E-state index in [2.05, 4.69) is 45.0 Å². The number of anilines is 1. The number of carbonyl (C=O) groups is 1. The highest BCUT2D eigenvalue weighted by Crippen LogP contribution is 2.32. The zero-order chi connectivity index (χ0) is 13.6. The molecule has 0 aliphatic heterocycles. The number of amides is 1. The molecule has 0 aliphatic rings. The van der Waals surface area contributed by atoms with Gasteiger partial charge in [0.15, 0.2) is 0 Å². The monoisotopic (exact) mass is 316 g/mol. The van der Waals surface area contributed by atoms with Crippen molar-refractivity contribution in [2.24, 2.45) is 7.05 Å². The third kappa shape index (κ3) is 2.02. The number of carbonyl (C=O) groups excluding carboxylic acids is 1. The van der Waals surface area contributed by atoms with Crippen LogP contribution in [0.1, 0.15) is 6.92 Å². The Morgan fingerprint density at radius 3 is 2.42 bits per heavy atom. The maximum atomic E-state index is 11.1. The Kier molecular flexibility index (Phi) is 2.82. The van der Waals surface area contributed by atoms with E-state index in [1.807, 2.05) is 24.3 Å². The number of rotatable bonds is 1. The number of fused-ring (bicyclic) bond motifs is 3. The molecule has 4 heteroatoms. The molecule has 0 saturated heterocycles. The molecule has 1 amide bonds. The van der Waals surface area contributed by atoms with Crippen LogP contribution in [0.5, 0.6) is 0 Å². The number of nitrogens with zero attached hydrogens (tertiary/aromatic N) is 1. The number of benzene rings is 2. The molecule has 0 unspecified atom stereocenters. The van der Waals surface area contributed by atoms with Gasteiger partial charge >= 0.3 is 0 Å². The molecule has 0 radical (unpaired) electrons. The molecule has 0 spiro atoms. The highest BCUT2D eigenvalue weighted by Gasteiger charge is 2.09. The van der Waals surface area contributed by atoms with E-state index in [0.29, 0.717) is 0 Å². The Bertz CT molecular complexity index is 805. The molecule has 3 aromatic rings. The van der Waals surface area contributed by atoms with E-state index in [-0.39, 0.29) is 5.91 Å². The van der Waals surface area contributed by atoms with Gasteiger partial charge in [0.05, 0.1) is 0 Å². The van der Waals surface area contributed by atoms with Gasteiger partial charge in [-0.1, -0.05) is 15.9 Å². The second kappa shape index (κ2) is 4.38. The summed E-state index contributed by atoms with van der Waals surface area (Å²) in [7, 11) is 2.05. The fourth-order valence-corrected chi connectivity index (χ4v) is 2.83. The van der Waals surface area contributed by atoms with Crippen LogP contribution in [0.2, 0.25) is 0 Å². The smallest absolute Gasteiger partial charge is 0.221 e. The first-order valence-corrected chi connectivity index (χ1v) is 6.81. The van der Waals surface area contributed by atoms with Crippen molar-refractivity contribution in [3.8, 4) is 0 Å². The quantitative estimate of drug-likeness (QED) is 0.722. The van der Waals surface area contributed by atoms with E-state index in [4.69, 9.17) is 0 Å². The van der Waals surface area contributed by atoms with E-state index in [1.54, 1.807) is 0 Å². The maximum Gasteiger partial charge on any atom is 0.221 e. The normalized spacial score (nSPS) is 11.1. The standard InChI is InChI=1S/C15H13BrN2O/c1-9(19)17-11-4-6-15-13(8-11)12-7-10(16)3-5-14(12)18(15)2/h3-8H,1-2H3,(H,17,19). The predicted octanol–water partition coefficient (Wildman–Crippen LogP) is 4.05. The molecular formula is C15H13BrN2O. The average Bonchev–Trinajstić information content (AvgIpc) is 2.62. The molecule has 96 valence electrons. The third-order valence-electron chi connectivity index (χ3n) is 3.29. The molecular weight excluding hydrogens is 304 g/mol. The lowest BCUT2D eigenvalue weighted by Crippen LogP contribution is -2.05. The lowest BCUT2D eigenvalue weighted by molar-refractivity contribution is -0.114. The molecule has 1 heterocycles. The van der Waals surface area contributed by atoms with Crippen molar-refractivity contribution in [1.29, 1.82) is 0 Å². The van der Waals surface area contributed by atoms with Crippen LogP contribution in [-0.4, -0.2) is 10.5 Å². The van der Waals surface area contributed by atoms with Crippen molar-refractivity contribution in [2.45, 2.75) is 6.92 Å². The summed E-state index contributed by atoms with van der Waals surface area (Å²) in [5.74, 6) is -0.0548. The molecule has 3 rings (SSSR count). The first-order chi connectivity index (χ1) is 9.06. The molecule has 2 aromatic carbocycles. The van der Waals surface area contributed by atoms with Crippen LogP contribution in [0.4, 0.5) is 5.69 Å². The zero-order valence-electron chi connectivity index (χ0n) is 10.7. The Balaban J connectivity index is 2.34. The van der Waals surface area contributed by atoms with Crippen molar-refractivity contribution < 1.29 is 4.79 Å². The van der Waals surface area contributed by atoms with Crippen molar-refractivity contribution in [1.82, 2.24) is 4.57 Å². The van der Waals surface area contributed by atoms with E-state index in [9.17, 15) is 4.79 Å². The summed E-state index contributed by atoms with van der Waals surface area (Å²) in [4.78, 5) is 11.1. The van der Waals surface area contributed by atoms with Crippen molar-refractivity contribution >= 4 is 49.3 Å². The van der Waals surface area contributed by atoms with Crippen LogP contribution in [0.3, 0.4) is 0 Å². The van der Waals surface area contributed by atoms with Gasteiger partial charge in [-0.3, -0.25) is 4.79 Å². The fourth-order valence-electron chi connectivity index (χ4n) is 2.47. The van der Waals surface area contributed by atoms with Gasteiger partial charge in [0.25, 0.3) is 0 Å². The Morgan fingerprint density at radius 2 is 1.74 bits per heavy atom. The van der Waals surface area contributed by atoms with Gasteiger partial charge in [-0.05, 0) is 36.4 Å². The molecule has 3 nitrogen and oxygen atoms in total. The van der Waals surface area contributed by atoms with Crippen LogP contribution >= 0.6 is 15.9 Å². The Hall–Kier alpha value is -1.81. The minimum absolute atomic E-state index is 0.0548. The number of hydrogen-bond acceptors (Lipinski definition) is 1. The molecule has 1 N–H and O–H groups in total. The Morgan fingerprint density at radius 1 is 1.11 bits per heavy atom. The number of halogens is 1. The summed E-state index contributed by atoms with van der Waals surface area (Å²) in [6.07, 6.45) is 0. The van der Waals surface area contributed by atoms with Gasteiger partial charge in [0, 0.05) is 45.9 Å². The zero-order valence-corrected chi connectivity index (χ0v) is 12.3. The molecule has 0 bridgehead atoms. The lowest BCUT2D eigenvalue weighted by Gasteiger charge is -2.02. The highest BCUT2D eigenvalue weighted by atomic mass is 79.9. The molecule has 0 saturated carbocycles. The largest absolute Gasteiger partial charge is 0.344 e. The minimum atomic E-state index is -0.0548. The first-order valence-electron chi connectivity index (χ1n) is 6.01. The molecule has 0 atom stereocenters. The van der Waals surface area contributed by atoms with Crippen LogP contribution in [0, 0.1) is 0 Å². The summed E-state index contributed by atoms with van der Waals surface area (Å²) in [6, 6.07) is 12.2. The second-order valence-electron chi connectivity index (χ2n) is 4.63. The molecule has 19 heavy (non-hydrogen) atoms. The summed E-state index contributed by atoms with van der Waals surface area (Å²) in [5, 5.41) is 5.15. The first kappa shape index (κ1) is 12.2. The van der Waals surface area contributed by atoms with Crippen molar-refractivity contribution in [3.63, 3.8) is 0 Å². The summed E-state index contributed by atoms with van der Waals surface area (Å²) >= 11 is 3.51. The van der Waals surface area contributed by atoms with Gasteiger partial charge in [-0.2, -0.15) is 0 Å². The Labute approximate surface area is 119 Å². The van der Waals surface area contributed by atoms with Gasteiger partial charge in [0.2, 0.25) is 5.91 Å². The van der Waals surface area contributed by atoms with Crippen LogP contribution in [0.15, 0.2) is 40.9 Å². The van der Waals surface area contributed by atoms with Gasteiger partial charge < -0.3 is 9.88 Å². The maximum absolute atomic E-state index is 11.1. The summed E-state index contributed by atoms with van der Waals surface area (Å²) in [5.41, 5.74) is 3.16. The van der Waals surface area contributed by atoms with E-state index >= 15 is 0 Å². The van der Waals surface area contributed by atoms with Crippen LogP contribution < -0.4 is 5.32 Å².